The third-order valence-electron chi connectivity index (χ3n) is 5.08. The van der Waals surface area contributed by atoms with Crippen molar-refractivity contribution >= 4 is 29.9 Å². The molecule has 0 aromatic carbocycles. The van der Waals surface area contributed by atoms with Gasteiger partial charge in [0.15, 0.2) is 5.96 Å². The highest BCUT2D eigenvalue weighted by molar-refractivity contribution is 14.0. The fourth-order valence-electron chi connectivity index (χ4n) is 3.45. The van der Waals surface area contributed by atoms with Gasteiger partial charge in [-0.2, -0.15) is 0 Å². The molecule has 1 saturated carbocycles. The highest BCUT2D eigenvalue weighted by Gasteiger charge is 2.23. The van der Waals surface area contributed by atoms with Crippen molar-refractivity contribution in [3.8, 4) is 0 Å². The van der Waals surface area contributed by atoms with Crippen LogP contribution in [0, 0.1) is 11.8 Å². The van der Waals surface area contributed by atoms with Crippen molar-refractivity contribution in [2.24, 2.45) is 16.8 Å². The molecule has 0 atom stereocenters. The molecule has 0 unspecified atom stereocenters. The van der Waals surface area contributed by atoms with Crippen LogP contribution in [0.15, 0.2) is 16.6 Å². The fourth-order valence-corrected chi connectivity index (χ4v) is 3.45. The number of nitrogens with zero attached hydrogens (tertiary/aromatic N) is 1. The van der Waals surface area contributed by atoms with E-state index in [1.807, 2.05) is 7.05 Å². The summed E-state index contributed by atoms with van der Waals surface area (Å²) >= 11 is 0. The largest absolute Gasteiger partial charge is 0.377 e. The normalized spacial score (nSPS) is 25.6. The lowest BCUT2D eigenvalue weighted by molar-refractivity contribution is 0.153. The molecule has 1 fully saturated rings. The number of halogens is 1. The quantitative estimate of drug-likeness (QED) is 0.300. The van der Waals surface area contributed by atoms with Gasteiger partial charge in [0.1, 0.15) is 0 Å². The molecule has 2 aliphatic rings. The van der Waals surface area contributed by atoms with E-state index in [1.165, 1.54) is 31.3 Å². The first kappa shape index (κ1) is 20.7. The molecular formula is C18H34IN3O. The maximum Gasteiger partial charge on any atom is 0.191 e. The van der Waals surface area contributed by atoms with Crippen LogP contribution in [-0.4, -0.2) is 38.8 Å². The number of hydrogen-bond acceptors (Lipinski definition) is 2. The first-order valence-corrected chi connectivity index (χ1v) is 8.92. The van der Waals surface area contributed by atoms with Crippen molar-refractivity contribution < 1.29 is 4.74 Å². The van der Waals surface area contributed by atoms with Crippen molar-refractivity contribution in [2.75, 3.05) is 26.8 Å². The predicted molar refractivity (Wildman–Crippen MR) is 109 cm³/mol. The van der Waals surface area contributed by atoms with Gasteiger partial charge in [-0.1, -0.05) is 25.5 Å². The SMILES string of the molecule is CN=C(NCCC1=CCOCC1)NC1CCC(C(C)C)CC1.I. The van der Waals surface area contributed by atoms with Crippen molar-refractivity contribution in [1.29, 1.82) is 0 Å². The van der Waals surface area contributed by atoms with Gasteiger partial charge in [0.05, 0.1) is 13.2 Å². The zero-order valence-corrected chi connectivity index (χ0v) is 17.3. The number of guanidine groups is 1. The van der Waals surface area contributed by atoms with Crippen LogP contribution in [0.1, 0.15) is 52.4 Å². The molecule has 0 aromatic heterocycles. The van der Waals surface area contributed by atoms with Crippen LogP contribution in [-0.2, 0) is 4.74 Å². The Hall–Kier alpha value is -0.300. The highest BCUT2D eigenvalue weighted by Crippen LogP contribution is 2.29. The number of nitrogens with one attached hydrogen (secondary N) is 2. The molecule has 2 rings (SSSR count). The van der Waals surface area contributed by atoms with Gasteiger partial charge in [0.2, 0.25) is 0 Å². The standard InChI is InChI=1S/C18H33N3O.HI/c1-14(2)16-4-6-17(7-5-16)21-18(19-3)20-11-8-15-9-12-22-13-10-15;/h9,14,16-17H,4-8,10-13H2,1-3H3,(H2,19,20,21);1H. The van der Waals surface area contributed by atoms with Crippen LogP contribution in [0.5, 0.6) is 0 Å². The summed E-state index contributed by atoms with van der Waals surface area (Å²) in [6.45, 7) is 7.31. The minimum absolute atomic E-state index is 0. The van der Waals surface area contributed by atoms with Crippen LogP contribution in [0.2, 0.25) is 0 Å². The van der Waals surface area contributed by atoms with E-state index in [1.54, 1.807) is 0 Å². The molecule has 1 heterocycles. The Labute approximate surface area is 158 Å². The van der Waals surface area contributed by atoms with Gasteiger partial charge in [-0.15, -0.1) is 24.0 Å². The maximum absolute atomic E-state index is 5.34. The second-order valence-corrected chi connectivity index (χ2v) is 6.94. The van der Waals surface area contributed by atoms with Gasteiger partial charge >= 0.3 is 0 Å². The first-order chi connectivity index (χ1) is 10.7. The Bertz CT molecular complexity index is 388. The van der Waals surface area contributed by atoms with E-state index in [2.05, 4.69) is 35.5 Å². The number of aliphatic imine (C=N–C) groups is 1. The topological polar surface area (TPSA) is 45.7 Å². The Morgan fingerprint density at radius 3 is 2.61 bits per heavy atom. The Morgan fingerprint density at radius 1 is 1.30 bits per heavy atom. The van der Waals surface area contributed by atoms with E-state index < -0.39 is 0 Å². The van der Waals surface area contributed by atoms with E-state index in [9.17, 15) is 0 Å². The molecule has 0 spiro atoms. The lowest BCUT2D eigenvalue weighted by atomic mass is 9.80. The molecule has 1 aliphatic heterocycles. The fraction of sp³-hybridized carbons (Fsp3) is 0.833. The molecule has 1 aliphatic carbocycles. The van der Waals surface area contributed by atoms with E-state index >= 15 is 0 Å². The molecule has 0 aromatic rings. The van der Waals surface area contributed by atoms with Crippen LogP contribution >= 0.6 is 24.0 Å². The molecule has 2 N–H and O–H groups in total. The van der Waals surface area contributed by atoms with Crippen molar-refractivity contribution in [2.45, 2.75) is 58.4 Å². The third-order valence-corrected chi connectivity index (χ3v) is 5.08. The van der Waals surface area contributed by atoms with Gasteiger partial charge in [-0.25, -0.2) is 0 Å². The summed E-state index contributed by atoms with van der Waals surface area (Å²) in [5.41, 5.74) is 1.51. The van der Waals surface area contributed by atoms with E-state index in [4.69, 9.17) is 4.74 Å². The number of rotatable bonds is 5. The minimum atomic E-state index is 0. The molecule has 0 amide bonds. The van der Waals surface area contributed by atoms with Crippen molar-refractivity contribution in [1.82, 2.24) is 10.6 Å². The van der Waals surface area contributed by atoms with Gasteiger partial charge in [-0.3, -0.25) is 4.99 Å². The Morgan fingerprint density at radius 2 is 2.04 bits per heavy atom. The maximum atomic E-state index is 5.34. The Balaban J connectivity index is 0.00000264. The summed E-state index contributed by atoms with van der Waals surface area (Å²) in [5.74, 6) is 2.69. The second kappa shape index (κ2) is 11.3. The predicted octanol–water partition coefficient (Wildman–Crippen LogP) is 3.72. The van der Waals surface area contributed by atoms with E-state index in [0.29, 0.717) is 6.04 Å². The van der Waals surface area contributed by atoms with Gasteiger partial charge in [0.25, 0.3) is 0 Å². The molecule has 4 nitrogen and oxygen atoms in total. The molecule has 134 valence electrons. The van der Waals surface area contributed by atoms with E-state index in [-0.39, 0.29) is 24.0 Å². The van der Waals surface area contributed by atoms with Gasteiger partial charge in [0, 0.05) is 19.6 Å². The second-order valence-electron chi connectivity index (χ2n) is 6.94. The number of hydrogen-bond donors (Lipinski definition) is 2. The van der Waals surface area contributed by atoms with Crippen molar-refractivity contribution in [3.63, 3.8) is 0 Å². The van der Waals surface area contributed by atoms with E-state index in [0.717, 1.165) is 50.4 Å². The van der Waals surface area contributed by atoms with Crippen LogP contribution in [0.3, 0.4) is 0 Å². The van der Waals surface area contributed by atoms with Crippen LogP contribution in [0.4, 0.5) is 0 Å². The van der Waals surface area contributed by atoms with Crippen molar-refractivity contribution in [3.05, 3.63) is 11.6 Å². The summed E-state index contributed by atoms with van der Waals surface area (Å²) in [6.07, 6.45) is 9.61. The summed E-state index contributed by atoms with van der Waals surface area (Å²) in [4.78, 5) is 4.37. The lowest BCUT2D eigenvalue weighted by Gasteiger charge is -2.32. The van der Waals surface area contributed by atoms with Crippen LogP contribution in [0.25, 0.3) is 0 Å². The molecular weight excluding hydrogens is 401 g/mol. The zero-order chi connectivity index (χ0) is 15.8. The average molecular weight is 435 g/mol. The summed E-state index contributed by atoms with van der Waals surface area (Å²) in [7, 11) is 1.86. The zero-order valence-electron chi connectivity index (χ0n) is 14.9. The van der Waals surface area contributed by atoms with Crippen LogP contribution < -0.4 is 10.6 Å². The number of ether oxygens (including phenoxy) is 1. The van der Waals surface area contributed by atoms with Gasteiger partial charge in [-0.05, 0) is 50.4 Å². The first-order valence-electron chi connectivity index (χ1n) is 8.92. The smallest absolute Gasteiger partial charge is 0.191 e. The summed E-state index contributed by atoms with van der Waals surface area (Å²) in [5, 5.41) is 7.05. The molecule has 23 heavy (non-hydrogen) atoms. The summed E-state index contributed by atoms with van der Waals surface area (Å²) in [6, 6.07) is 0.587. The van der Waals surface area contributed by atoms with Gasteiger partial charge < -0.3 is 15.4 Å². The summed E-state index contributed by atoms with van der Waals surface area (Å²) < 4.78 is 5.34. The third kappa shape index (κ3) is 7.42. The highest BCUT2D eigenvalue weighted by atomic mass is 127. The molecule has 0 saturated heterocycles. The average Bonchev–Trinajstić information content (AvgIpc) is 2.55. The molecule has 0 bridgehead atoms. The Kier molecular flexibility index (Phi) is 10.2. The molecule has 0 radical (unpaired) electrons. The lowest BCUT2D eigenvalue weighted by Crippen LogP contribution is -2.45. The minimum Gasteiger partial charge on any atom is -0.377 e. The monoisotopic (exact) mass is 435 g/mol. The molecule has 5 heteroatoms.